The van der Waals surface area contributed by atoms with Gasteiger partial charge in [-0.15, -0.1) is 11.8 Å². The van der Waals surface area contributed by atoms with E-state index in [-0.39, 0.29) is 11.2 Å². The number of nitro benzene ring substituents is 1. The van der Waals surface area contributed by atoms with Crippen LogP contribution in [-0.2, 0) is 13.2 Å². The van der Waals surface area contributed by atoms with Gasteiger partial charge in [-0.3, -0.25) is 10.1 Å². The highest BCUT2D eigenvalue weighted by atomic mass is 32.2. The van der Waals surface area contributed by atoms with Crippen LogP contribution in [0.1, 0.15) is 19.5 Å². The zero-order valence-electron chi connectivity index (χ0n) is 15.9. The van der Waals surface area contributed by atoms with Crippen molar-refractivity contribution in [3.63, 3.8) is 0 Å². The molecule has 2 aromatic heterocycles. The summed E-state index contributed by atoms with van der Waals surface area (Å²) in [5.74, 6) is 1.04. The molecule has 0 aliphatic heterocycles. The summed E-state index contributed by atoms with van der Waals surface area (Å²) in [5, 5.41) is 14.5. The van der Waals surface area contributed by atoms with Crippen LogP contribution in [0.25, 0.3) is 22.4 Å². The number of hydrogen-bond acceptors (Lipinski definition) is 6. The van der Waals surface area contributed by atoms with E-state index in [1.165, 1.54) is 17.8 Å². The van der Waals surface area contributed by atoms with E-state index < -0.39 is 16.8 Å². The average Bonchev–Trinajstić information content (AvgIpc) is 2.97. The summed E-state index contributed by atoms with van der Waals surface area (Å²) in [5.41, 5.74) is 0.235. The van der Waals surface area contributed by atoms with Crippen molar-refractivity contribution in [2.24, 2.45) is 7.05 Å². The number of pyridine rings is 1. The quantitative estimate of drug-likeness (QED) is 0.336. The monoisotopic (exact) mass is 425 g/mol. The fourth-order valence-electron chi connectivity index (χ4n) is 2.99. The van der Waals surface area contributed by atoms with Crippen molar-refractivity contribution in [1.82, 2.24) is 14.5 Å². The molecule has 1 N–H and O–H groups in total. The first kappa shape index (κ1) is 20.9. The third-order valence-corrected chi connectivity index (χ3v) is 5.20. The highest BCUT2D eigenvalue weighted by molar-refractivity contribution is 7.99. The van der Waals surface area contributed by atoms with Gasteiger partial charge < -0.3 is 9.88 Å². The van der Waals surface area contributed by atoms with E-state index in [1.54, 1.807) is 17.7 Å². The van der Waals surface area contributed by atoms with Crippen molar-refractivity contribution in [1.29, 1.82) is 0 Å². The molecule has 0 radical (unpaired) electrons. The first-order chi connectivity index (χ1) is 13.7. The summed E-state index contributed by atoms with van der Waals surface area (Å²) in [6.45, 7) is 4.28. The second-order valence-electron chi connectivity index (χ2n) is 6.14. The van der Waals surface area contributed by atoms with Gasteiger partial charge in [0.15, 0.2) is 0 Å². The normalized spacial score (nSPS) is 11.8. The lowest BCUT2D eigenvalue weighted by atomic mass is 10.1. The number of nitrogens with zero attached hydrogens (tertiary/aromatic N) is 4. The topological polar surface area (TPSA) is 85.9 Å². The summed E-state index contributed by atoms with van der Waals surface area (Å²) >= 11 is 1.47. The minimum absolute atomic E-state index is 0.121. The minimum Gasteiger partial charge on any atom is -0.380 e. The molecule has 0 aliphatic rings. The minimum atomic E-state index is -4.58. The summed E-state index contributed by atoms with van der Waals surface area (Å²) in [6, 6.07) is 3.98. The van der Waals surface area contributed by atoms with Gasteiger partial charge >= 0.3 is 6.18 Å². The van der Waals surface area contributed by atoms with E-state index in [2.05, 4.69) is 15.3 Å². The number of aromatic nitrogens is 3. The molecule has 7 nitrogen and oxygen atoms in total. The molecule has 0 atom stereocenters. The Kier molecular flexibility index (Phi) is 5.69. The predicted molar refractivity (Wildman–Crippen MR) is 106 cm³/mol. The highest BCUT2D eigenvalue weighted by Crippen LogP contribution is 2.40. The lowest BCUT2D eigenvalue weighted by Gasteiger charge is -2.12. The number of anilines is 1. The Labute approximate surface area is 168 Å². The fourth-order valence-corrected chi connectivity index (χ4v) is 3.80. The average molecular weight is 425 g/mol. The molecule has 0 saturated carbocycles. The molecular formula is C18H18F3N5O2S. The number of halogens is 3. The van der Waals surface area contributed by atoms with Crippen molar-refractivity contribution >= 4 is 34.2 Å². The van der Waals surface area contributed by atoms with Gasteiger partial charge in [-0.25, -0.2) is 9.97 Å². The Morgan fingerprint density at radius 1 is 1.28 bits per heavy atom. The number of thioether (sulfide) groups is 1. The Morgan fingerprint density at radius 3 is 2.59 bits per heavy atom. The van der Waals surface area contributed by atoms with Crippen LogP contribution in [0.5, 0.6) is 0 Å². The fraction of sp³-hybridized carbons (Fsp3) is 0.333. The molecule has 29 heavy (non-hydrogen) atoms. The lowest BCUT2D eigenvalue weighted by Crippen LogP contribution is -2.07. The maximum absolute atomic E-state index is 13.0. The molecule has 0 unspecified atom stereocenters. The summed E-state index contributed by atoms with van der Waals surface area (Å²) in [4.78, 5) is 19.6. The van der Waals surface area contributed by atoms with Crippen LogP contribution in [0.2, 0.25) is 0 Å². The van der Waals surface area contributed by atoms with Crippen LogP contribution >= 0.6 is 11.8 Å². The molecule has 0 saturated heterocycles. The number of rotatable bonds is 6. The van der Waals surface area contributed by atoms with E-state index in [0.717, 1.165) is 17.2 Å². The molecule has 1 aromatic carbocycles. The van der Waals surface area contributed by atoms with Gasteiger partial charge in [0.1, 0.15) is 17.2 Å². The number of alkyl halides is 3. The number of benzene rings is 1. The van der Waals surface area contributed by atoms with Crippen molar-refractivity contribution in [3.8, 4) is 11.4 Å². The van der Waals surface area contributed by atoms with Crippen LogP contribution in [0.4, 0.5) is 24.5 Å². The number of aryl methyl sites for hydroxylation is 1. The van der Waals surface area contributed by atoms with Gasteiger partial charge in [0.05, 0.1) is 22.2 Å². The van der Waals surface area contributed by atoms with Crippen molar-refractivity contribution < 1.29 is 18.1 Å². The molecule has 2 heterocycles. The number of nitro groups is 1. The molecule has 11 heteroatoms. The van der Waals surface area contributed by atoms with E-state index in [4.69, 9.17) is 0 Å². The third kappa shape index (κ3) is 4.00. The molecule has 0 fully saturated rings. The molecule has 3 rings (SSSR count). The first-order valence-electron chi connectivity index (χ1n) is 8.76. The van der Waals surface area contributed by atoms with E-state index in [1.807, 2.05) is 13.8 Å². The van der Waals surface area contributed by atoms with Crippen LogP contribution in [0, 0.1) is 10.1 Å². The predicted octanol–water partition coefficient (Wildman–Crippen LogP) is 5.11. The van der Waals surface area contributed by atoms with E-state index in [9.17, 15) is 23.3 Å². The van der Waals surface area contributed by atoms with Gasteiger partial charge in [0.2, 0.25) is 0 Å². The van der Waals surface area contributed by atoms with Crippen molar-refractivity contribution in [2.45, 2.75) is 24.9 Å². The first-order valence-corrected chi connectivity index (χ1v) is 9.75. The van der Waals surface area contributed by atoms with E-state index >= 15 is 0 Å². The molecule has 0 amide bonds. The number of nitrogens with one attached hydrogen (secondary N) is 1. The zero-order chi connectivity index (χ0) is 21.3. The zero-order valence-corrected chi connectivity index (χ0v) is 16.7. The molecule has 3 aromatic rings. The number of fused-ring (bicyclic) bond motifs is 1. The Hall–Kier alpha value is -2.82. The molecule has 154 valence electrons. The number of hydrogen-bond donors (Lipinski definition) is 1. The summed E-state index contributed by atoms with van der Waals surface area (Å²) < 4.78 is 40.6. The maximum atomic E-state index is 13.0. The van der Waals surface area contributed by atoms with Crippen molar-refractivity contribution in [3.05, 3.63) is 40.2 Å². The standard InChI is InChI=1S/C18H18F3N5O2S/c1-4-22-11-7-15(29-5-2)10(6-13(11)26(27)28)17-24-12-8-16(18(19,20)21)23-9-14(12)25(17)3/h6-9,22H,4-5H2,1-3H3. The Balaban J connectivity index is 2.25. The summed E-state index contributed by atoms with van der Waals surface area (Å²) in [7, 11) is 1.64. The SMILES string of the molecule is CCNc1cc(SCC)c(-c2nc3cc(C(F)(F)F)ncc3n2C)cc1[N+](=O)[O-]. The largest absolute Gasteiger partial charge is 0.433 e. The van der Waals surface area contributed by atoms with Gasteiger partial charge in [-0.05, 0) is 24.8 Å². The van der Waals surface area contributed by atoms with Gasteiger partial charge in [-0.2, -0.15) is 13.2 Å². The molecule has 0 bridgehead atoms. The Bertz CT molecular complexity index is 1080. The van der Waals surface area contributed by atoms with Gasteiger partial charge in [0, 0.05) is 30.1 Å². The summed E-state index contributed by atoms with van der Waals surface area (Å²) in [6.07, 6.45) is -3.47. The molecular weight excluding hydrogens is 407 g/mol. The highest BCUT2D eigenvalue weighted by Gasteiger charge is 2.33. The van der Waals surface area contributed by atoms with Gasteiger partial charge in [-0.1, -0.05) is 6.92 Å². The van der Waals surface area contributed by atoms with Crippen molar-refractivity contribution in [2.75, 3.05) is 17.6 Å². The maximum Gasteiger partial charge on any atom is 0.433 e. The third-order valence-electron chi connectivity index (χ3n) is 4.26. The number of imidazole rings is 1. The van der Waals surface area contributed by atoms with Crippen LogP contribution in [0.3, 0.4) is 0 Å². The van der Waals surface area contributed by atoms with E-state index in [0.29, 0.717) is 34.9 Å². The second-order valence-corrected chi connectivity index (χ2v) is 7.44. The lowest BCUT2D eigenvalue weighted by molar-refractivity contribution is -0.383. The second kappa shape index (κ2) is 7.90. The van der Waals surface area contributed by atoms with Crippen LogP contribution in [-0.4, -0.2) is 31.8 Å². The molecule has 0 spiro atoms. The van der Waals surface area contributed by atoms with Crippen LogP contribution in [0.15, 0.2) is 29.3 Å². The molecule has 0 aliphatic carbocycles. The Morgan fingerprint density at radius 2 is 2.00 bits per heavy atom. The van der Waals surface area contributed by atoms with Gasteiger partial charge in [0.25, 0.3) is 5.69 Å². The van der Waals surface area contributed by atoms with Crippen LogP contribution < -0.4 is 5.32 Å². The smallest absolute Gasteiger partial charge is 0.380 e.